The smallest absolute Gasteiger partial charge is 0.407 e. The molecule has 0 atom stereocenters. The van der Waals surface area contributed by atoms with E-state index in [4.69, 9.17) is 5.11 Å². The molecule has 0 aliphatic carbocycles. The Morgan fingerprint density at radius 1 is 1.83 bits per heavy atom. The normalized spacial score (nSPS) is 9.83. The number of halogens is 1. The maximum absolute atomic E-state index is 10.4. The van der Waals surface area contributed by atoms with Gasteiger partial charge in [0.15, 0.2) is 0 Å². The van der Waals surface area contributed by atoms with E-state index in [9.17, 15) is 4.79 Å². The molecule has 1 aromatic rings. The van der Waals surface area contributed by atoms with Crippen molar-refractivity contribution in [3.8, 4) is 0 Å². The average Bonchev–Trinajstić information content (AvgIpc) is 2.35. The summed E-state index contributed by atoms with van der Waals surface area (Å²) in [6, 6.07) is 1.85. The number of nitrogens with zero attached hydrogens (tertiary/aromatic N) is 1. The first-order chi connectivity index (χ1) is 5.59. The lowest BCUT2D eigenvalue weighted by Gasteiger charge is -2.10. The van der Waals surface area contributed by atoms with Gasteiger partial charge in [0.2, 0.25) is 0 Å². The Labute approximate surface area is 78.3 Å². The maximum Gasteiger partial charge on any atom is 0.407 e. The Hall–Kier alpha value is -0.970. The molecule has 0 saturated carbocycles. The third kappa shape index (κ3) is 2.27. The van der Waals surface area contributed by atoms with Gasteiger partial charge in [-0.3, -0.25) is 0 Å². The van der Waals surface area contributed by atoms with Gasteiger partial charge in [0.1, 0.15) is 0 Å². The molecular weight excluding hydrogens is 224 g/mol. The largest absolute Gasteiger partial charge is 0.465 e. The zero-order valence-corrected chi connectivity index (χ0v) is 8.13. The molecule has 0 aromatic carbocycles. The van der Waals surface area contributed by atoms with Crippen molar-refractivity contribution in [1.82, 2.24) is 9.88 Å². The fourth-order valence-electron chi connectivity index (χ4n) is 0.841. The van der Waals surface area contributed by atoms with Gasteiger partial charge >= 0.3 is 6.09 Å². The van der Waals surface area contributed by atoms with Gasteiger partial charge in [-0.05, 0) is 27.6 Å². The molecule has 0 spiro atoms. The van der Waals surface area contributed by atoms with Crippen LogP contribution in [0.15, 0.2) is 16.9 Å². The molecule has 5 heteroatoms. The van der Waals surface area contributed by atoms with Gasteiger partial charge in [-0.2, -0.15) is 0 Å². The van der Waals surface area contributed by atoms with Crippen molar-refractivity contribution in [3.05, 3.63) is 22.4 Å². The van der Waals surface area contributed by atoms with Crippen LogP contribution in [0.2, 0.25) is 0 Å². The lowest BCUT2D eigenvalue weighted by Crippen LogP contribution is -2.23. The van der Waals surface area contributed by atoms with Crippen molar-refractivity contribution in [2.45, 2.75) is 6.54 Å². The third-order valence-electron chi connectivity index (χ3n) is 1.45. The van der Waals surface area contributed by atoms with Gasteiger partial charge in [-0.1, -0.05) is 0 Å². The molecule has 0 fully saturated rings. The summed E-state index contributed by atoms with van der Waals surface area (Å²) >= 11 is 3.24. The van der Waals surface area contributed by atoms with E-state index in [1.54, 1.807) is 6.20 Å². The van der Waals surface area contributed by atoms with E-state index >= 15 is 0 Å². The SMILES string of the molecule is CN(Cc1c[nH]c(Br)c1)C(=O)O. The van der Waals surface area contributed by atoms with Crippen LogP contribution >= 0.6 is 15.9 Å². The van der Waals surface area contributed by atoms with E-state index in [1.807, 2.05) is 6.07 Å². The Morgan fingerprint density at radius 2 is 2.50 bits per heavy atom. The van der Waals surface area contributed by atoms with Crippen LogP contribution in [0, 0.1) is 0 Å². The fraction of sp³-hybridized carbons (Fsp3) is 0.286. The molecule has 4 nitrogen and oxygen atoms in total. The van der Waals surface area contributed by atoms with Crippen LogP contribution < -0.4 is 0 Å². The minimum absolute atomic E-state index is 0.400. The molecule has 2 N–H and O–H groups in total. The number of amides is 1. The number of hydrogen-bond acceptors (Lipinski definition) is 1. The summed E-state index contributed by atoms with van der Waals surface area (Å²) in [6.45, 7) is 0.400. The topological polar surface area (TPSA) is 56.3 Å². The van der Waals surface area contributed by atoms with Crippen molar-refractivity contribution in [1.29, 1.82) is 0 Å². The molecule has 1 aromatic heterocycles. The number of carboxylic acid groups (broad SMARTS) is 1. The standard InChI is InChI=1S/C7H9BrN2O2/c1-10(7(11)12)4-5-2-6(8)9-3-5/h2-3,9H,4H2,1H3,(H,11,12). The molecule has 66 valence electrons. The van der Waals surface area contributed by atoms with Crippen molar-refractivity contribution in [2.75, 3.05) is 7.05 Å². The molecule has 0 unspecified atom stereocenters. The Morgan fingerprint density at radius 3 is 2.92 bits per heavy atom. The van der Waals surface area contributed by atoms with Gasteiger partial charge in [-0.15, -0.1) is 0 Å². The molecule has 1 heterocycles. The number of H-pyrrole nitrogens is 1. The number of carbonyl (C=O) groups is 1. The Bertz CT molecular complexity index is 285. The highest BCUT2D eigenvalue weighted by Crippen LogP contribution is 2.11. The second-order valence-corrected chi connectivity index (χ2v) is 3.35. The number of nitrogens with one attached hydrogen (secondary N) is 1. The van der Waals surface area contributed by atoms with E-state index in [0.29, 0.717) is 6.54 Å². The van der Waals surface area contributed by atoms with Crippen molar-refractivity contribution in [2.24, 2.45) is 0 Å². The van der Waals surface area contributed by atoms with Crippen LogP contribution in [0.3, 0.4) is 0 Å². The maximum atomic E-state index is 10.4. The van der Waals surface area contributed by atoms with E-state index in [-0.39, 0.29) is 0 Å². The molecule has 0 aliphatic rings. The van der Waals surface area contributed by atoms with E-state index in [1.165, 1.54) is 11.9 Å². The van der Waals surface area contributed by atoms with Gasteiger partial charge in [0.25, 0.3) is 0 Å². The highest BCUT2D eigenvalue weighted by atomic mass is 79.9. The first kappa shape index (κ1) is 9.12. The van der Waals surface area contributed by atoms with Crippen LogP contribution in [0.4, 0.5) is 4.79 Å². The third-order valence-corrected chi connectivity index (χ3v) is 1.91. The Balaban J connectivity index is 2.58. The number of aromatic nitrogens is 1. The summed E-state index contributed by atoms with van der Waals surface area (Å²) < 4.78 is 0.858. The fourth-order valence-corrected chi connectivity index (χ4v) is 1.25. The highest BCUT2D eigenvalue weighted by Gasteiger charge is 2.06. The molecule has 0 saturated heterocycles. The zero-order valence-electron chi connectivity index (χ0n) is 6.54. The monoisotopic (exact) mass is 232 g/mol. The first-order valence-corrected chi connectivity index (χ1v) is 4.16. The zero-order chi connectivity index (χ0) is 9.14. The van der Waals surface area contributed by atoms with Gasteiger partial charge < -0.3 is 15.0 Å². The molecule has 0 bridgehead atoms. The quantitative estimate of drug-likeness (QED) is 0.819. The predicted octanol–water partition coefficient (Wildman–Crippen LogP) is 1.89. The van der Waals surface area contributed by atoms with Crippen molar-refractivity contribution < 1.29 is 9.90 Å². The molecule has 1 amide bonds. The van der Waals surface area contributed by atoms with Crippen LogP contribution in [-0.4, -0.2) is 28.1 Å². The van der Waals surface area contributed by atoms with Crippen LogP contribution in [0.1, 0.15) is 5.56 Å². The second-order valence-electron chi connectivity index (χ2n) is 2.49. The second kappa shape index (κ2) is 3.62. The van der Waals surface area contributed by atoms with Crippen LogP contribution in [-0.2, 0) is 6.54 Å². The number of hydrogen-bond donors (Lipinski definition) is 2. The molecule has 12 heavy (non-hydrogen) atoms. The van der Waals surface area contributed by atoms with E-state index in [2.05, 4.69) is 20.9 Å². The summed E-state index contributed by atoms with van der Waals surface area (Å²) in [5.74, 6) is 0. The van der Waals surface area contributed by atoms with Crippen LogP contribution in [0.5, 0.6) is 0 Å². The number of aromatic amines is 1. The lowest BCUT2D eigenvalue weighted by atomic mass is 10.3. The Kier molecular flexibility index (Phi) is 2.75. The van der Waals surface area contributed by atoms with Gasteiger partial charge in [-0.25, -0.2) is 4.79 Å². The van der Waals surface area contributed by atoms with Gasteiger partial charge in [0.05, 0.1) is 11.1 Å². The van der Waals surface area contributed by atoms with E-state index < -0.39 is 6.09 Å². The van der Waals surface area contributed by atoms with Crippen molar-refractivity contribution in [3.63, 3.8) is 0 Å². The molecule has 1 rings (SSSR count). The van der Waals surface area contributed by atoms with E-state index in [0.717, 1.165) is 10.2 Å². The van der Waals surface area contributed by atoms with Crippen LogP contribution in [0.25, 0.3) is 0 Å². The summed E-state index contributed by atoms with van der Waals surface area (Å²) in [6.07, 6.45) is 0.844. The molecule has 0 aliphatic heterocycles. The minimum atomic E-state index is -0.924. The predicted molar refractivity (Wildman–Crippen MR) is 48.0 cm³/mol. The lowest BCUT2D eigenvalue weighted by molar-refractivity contribution is 0.154. The summed E-state index contributed by atoms with van der Waals surface area (Å²) in [4.78, 5) is 14.5. The average molecular weight is 233 g/mol. The summed E-state index contributed by atoms with van der Waals surface area (Å²) in [5, 5.41) is 8.55. The summed E-state index contributed by atoms with van der Waals surface area (Å²) in [5.41, 5.74) is 0.937. The highest BCUT2D eigenvalue weighted by molar-refractivity contribution is 9.10. The minimum Gasteiger partial charge on any atom is -0.465 e. The molecular formula is C7H9BrN2O2. The first-order valence-electron chi connectivity index (χ1n) is 3.36. The van der Waals surface area contributed by atoms with Crippen molar-refractivity contribution >= 4 is 22.0 Å². The number of rotatable bonds is 2. The summed E-state index contributed by atoms with van der Waals surface area (Å²) in [7, 11) is 1.53. The molecule has 0 radical (unpaired) electrons. The van der Waals surface area contributed by atoms with Gasteiger partial charge in [0, 0.05) is 13.2 Å².